The van der Waals surface area contributed by atoms with E-state index in [4.69, 9.17) is 0 Å². The Kier molecular flexibility index (Phi) is 4.91. The first-order valence-electron chi connectivity index (χ1n) is 12.1. The van der Waals surface area contributed by atoms with E-state index >= 15 is 0 Å². The first kappa shape index (κ1) is 20.9. The summed E-state index contributed by atoms with van der Waals surface area (Å²) >= 11 is 0. The summed E-state index contributed by atoms with van der Waals surface area (Å²) in [6.07, 6.45) is 5.32. The van der Waals surface area contributed by atoms with E-state index in [1.165, 1.54) is 5.56 Å². The number of benzene rings is 3. The lowest BCUT2D eigenvalue weighted by atomic mass is 9.61. The molecule has 1 saturated carbocycles. The molecule has 0 unspecified atom stereocenters. The number of anilines is 1. The van der Waals surface area contributed by atoms with E-state index in [0.717, 1.165) is 47.0 Å². The van der Waals surface area contributed by atoms with Crippen LogP contribution in [0, 0.1) is 5.92 Å². The van der Waals surface area contributed by atoms with Crippen LogP contribution in [0.15, 0.2) is 85.1 Å². The summed E-state index contributed by atoms with van der Waals surface area (Å²) in [4.78, 5) is 29.5. The van der Waals surface area contributed by atoms with E-state index in [9.17, 15) is 9.59 Å². The van der Waals surface area contributed by atoms with Crippen LogP contribution in [0.2, 0.25) is 0 Å². The molecule has 1 aromatic heterocycles. The maximum atomic E-state index is 14.3. The number of hydrogen-bond acceptors (Lipinski definition) is 2. The monoisotopic (exact) mass is 448 g/mol. The van der Waals surface area contributed by atoms with Gasteiger partial charge in [-0.3, -0.25) is 9.59 Å². The van der Waals surface area contributed by atoms with E-state index in [-0.39, 0.29) is 17.6 Å². The van der Waals surface area contributed by atoms with E-state index in [0.29, 0.717) is 13.0 Å². The molecule has 0 bridgehead atoms. The van der Waals surface area contributed by atoms with Crippen molar-refractivity contribution in [2.45, 2.75) is 37.6 Å². The lowest BCUT2D eigenvalue weighted by molar-refractivity contribution is -0.133. The molecule has 1 fully saturated rings. The summed E-state index contributed by atoms with van der Waals surface area (Å²) in [5.74, 6) is -0.128. The van der Waals surface area contributed by atoms with Crippen molar-refractivity contribution in [1.82, 2.24) is 4.57 Å². The molecule has 6 rings (SSSR count). The second-order valence-electron chi connectivity index (χ2n) is 9.63. The zero-order chi connectivity index (χ0) is 23.3. The van der Waals surface area contributed by atoms with Gasteiger partial charge in [-0.1, -0.05) is 73.2 Å². The van der Waals surface area contributed by atoms with E-state index in [1.807, 2.05) is 43.4 Å². The van der Waals surface area contributed by atoms with Crippen molar-refractivity contribution in [3.8, 4) is 0 Å². The zero-order valence-electron chi connectivity index (χ0n) is 19.4. The first-order valence-corrected chi connectivity index (χ1v) is 12.1. The Morgan fingerprint density at radius 1 is 0.853 bits per heavy atom. The fourth-order valence-electron chi connectivity index (χ4n) is 6.29. The number of likely N-dealkylation sites (N-methyl/N-ethyl adjacent to an activating group) is 1. The number of nitrogens with zero attached hydrogens (tertiary/aromatic N) is 2. The van der Waals surface area contributed by atoms with Gasteiger partial charge < -0.3 is 9.47 Å². The predicted octanol–water partition coefficient (Wildman–Crippen LogP) is 5.71. The highest BCUT2D eigenvalue weighted by atomic mass is 16.2. The fourth-order valence-corrected chi connectivity index (χ4v) is 6.29. The predicted molar refractivity (Wildman–Crippen MR) is 135 cm³/mol. The largest absolute Gasteiger partial charge is 0.343 e. The quantitative estimate of drug-likeness (QED) is 0.401. The Balaban J connectivity index is 1.65. The van der Waals surface area contributed by atoms with Gasteiger partial charge in [0.15, 0.2) is 0 Å². The molecule has 1 amide bonds. The second kappa shape index (κ2) is 7.98. The van der Waals surface area contributed by atoms with Crippen molar-refractivity contribution in [2.75, 3.05) is 11.9 Å². The van der Waals surface area contributed by atoms with Crippen LogP contribution in [0.5, 0.6) is 0 Å². The van der Waals surface area contributed by atoms with Gasteiger partial charge in [0.05, 0.1) is 0 Å². The summed E-state index contributed by atoms with van der Waals surface area (Å²) in [7, 11) is 1.85. The fraction of sp³-hybridized carbons (Fsp3) is 0.267. The van der Waals surface area contributed by atoms with Crippen molar-refractivity contribution in [3.05, 3.63) is 102 Å². The molecule has 2 aliphatic rings. The number of Topliss-reactive ketones (excluding diaryl/α,β-unsaturated/α-hetero) is 1. The van der Waals surface area contributed by atoms with Crippen LogP contribution in [0.3, 0.4) is 0 Å². The molecule has 3 aromatic carbocycles. The first-order chi connectivity index (χ1) is 16.6. The number of para-hydroxylation sites is 2. The number of fused-ring (bicyclic) bond motifs is 2. The molecule has 170 valence electrons. The number of carbonyl (C=O) groups is 2. The molecule has 0 N–H and O–H groups in total. The Labute approximate surface area is 199 Å². The molecule has 2 heterocycles. The zero-order valence-corrected chi connectivity index (χ0v) is 19.4. The van der Waals surface area contributed by atoms with Crippen molar-refractivity contribution in [1.29, 1.82) is 0 Å². The maximum absolute atomic E-state index is 14.3. The summed E-state index contributed by atoms with van der Waals surface area (Å²) in [5.41, 5.74) is 4.12. The van der Waals surface area contributed by atoms with Crippen molar-refractivity contribution in [2.24, 2.45) is 5.92 Å². The van der Waals surface area contributed by atoms with Crippen molar-refractivity contribution in [3.63, 3.8) is 0 Å². The molecule has 4 nitrogen and oxygen atoms in total. The SMILES string of the molecule is CN1C(=O)[C@@](c2cn(Cc3ccccc3)c3ccccc23)([C@H]2CCCCC2=O)c2ccccc21. The highest BCUT2D eigenvalue weighted by Gasteiger charge is 2.58. The standard InChI is InChI=1S/C30H28N2O2/c1-31-27-17-9-6-14-23(27)30(29(31)34,24-15-7-10-18-28(24)33)25-20-32(19-21-11-3-2-4-12-21)26-16-8-5-13-22(25)26/h2-6,8-9,11-14,16-17,20,24H,7,10,15,18-19H2,1H3/t24-,30+/m0/s1. The number of aromatic nitrogens is 1. The molecule has 1 aliphatic carbocycles. The van der Waals surface area contributed by atoms with Crippen molar-refractivity contribution < 1.29 is 9.59 Å². The second-order valence-corrected chi connectivity index (χ2v) is 9.63. The minimum absolute atomic E-state index is 0.0107. The van der Waals surface area contributed by atoms with Gasteiger partial charge in [0, 0.05) is 48.7 Å². The van der Waals surface area contributed by atoms with Gasteiger partial charge in [-0.05, 0) is 41.7 Å². The lowest BCUT2D eigenvalue weighted by Gasteiger charge is -2.38. The maximum Gasteiger partial charge on any atom is 0.242 e. The molecule has 0 saturated heterocycles. The van der Waals surface area contributed by atoms with Gasteiger partial charge >= 0.3 is 0 Å². The molecule has 1 aliphatic heterocycles. The summed E-state index contributed by atoms with van der Waals surface area (Å²) in [5, 5.41) is 1.05. The molecule has 4 heteroatoms. The van der Waals surface area contributed by atoms with Crippen LogP contribution in [0.25, 0.3) is 10.9 Å². The third kappa shape index (κ3) is 2.91. The minimum atomic E-state index is -0.996. The molecule has 0 radical (unpaired) electrons. The number of amides is 1. The molecular weight excluding hydrogens is 420 g/mol. The smallest absolute Gasteiger partial charge is 0.242 e. The summed E-state index contributed by atoms with van der Waals surface area (Å²) in [6.45, 7) is 0.710. The Morgan fingerprint density at radius 3 is 2.41 bits per heavy atom. The van der Waals surface area contributed by atoms with Crippen LogP contribution in [-0.4, -0.2) is 23.3 Å². The highest BCUT2D eigenvalue weighted by Crippen LogP contribution is 2.54. The minimum Gasteiger partial charge on any atom is -0.343 e. The lowest BCUT2D eigenvalue weighted by Crippen LogP contribution is -2.49. The average molecular weight is 449 g/mol. The van der Waals surface area contributed by atoms with Crippen LogP contribution in [-0.2, 0) is 21.5 Å². The van der Waals surface area contributed by atoms with Crippen molar-refractivity contribution >= 4 is 28.3 Å². The van der Waals surface area contributed by atoms with Gasteiger partial charge in [-0.15, -0.1) is 0 Å². The van der Waals surface area contributed by atoms with Crippen LogP contribution >= 0.6 is 0 Å². The van der Waals surface area contributed by atoms with Gasteiger partial charge in [-0.25, -0.2) is 0 Å². The Morgan fingerprint density at radius 2 is 1.59 bits per heavy atom. The average Bonchev–Trinajstić information content (AvgIpc) is 3.34. The van der Waals surface area contributed by atoms with Gasteiger partial charge in [0.1, 0.15) is 11.2 Å². The molecule has 2 atom stereocenters. The summed E-state index contributed by atoms with van der Waals surface area (Å²) < 4.78 is 2.24. The Hall–Kier alpha value is -3.66. The van der Waals surface area contributed by atoms with Gasteiger partial charge in [0.25, 0.3) is 0 Å². The molecule has 34 heavy (non-hydrogen) atoms. The highest BCUT2D eigenvalue weighted by molar-refractivity contribution is 6.15. The third-order valence-corrected chi connectivity index (χ3v) is 7.82. The molecular formula is C30H28N2O2. The normalized spacial score (nSPS) is 22.4. The third-order valence-electron chi connectivity index (χ3n) is 7.82. The number of carbonyl (C=O) groups excluding carboxylic acids is 2. The van der Waals surface area contributed by atoms with Gasteiger partial charge in [0.2, 0.25) is 5.91 Å². The van der Waals surface area contributed by atoms with Crippen LogP contribution in [0.4, 0.5) is 5.69 Å². The van der Waals surface area contributed by atoms with Gasteiger partial charge in [-0.2, -0.15) is 0 Å². The topological polar surface area (TPSA) is 42.3 Å². The number of ketones is 1. The Bertz CT molecular complexity index is 1400. The van der Waals surface area contributed by atoms with E-state index < -0.39 is 5.41 Å². The molecule has 0 spiro atoms. The molecule has 4 aromatic rings. The van der Waals surface area contributed by atoms with Crippen LogP contribution in [0.1, 0.15) is 42.4 Å². The van der Waals surface area contributed by atoms with Crippen LogP contribution < -0.4 is 4.90 Å². The number of hydrogen-bond donors (Lipinski definition) is 0. The number of rotatable bonds is 4. The van der Waals surface area contributed by atoms with E-state index in [1.54, 1.807) is 4.90 Å². The summed E-state index contributed by atoms with van der Waals surface area (Å²) in [6, 6.07) is 26.7. The van der Waals surface area contributed by atoms with E-state index in [2.05, 4.69) is 53.2 Å².